The fourth-order valence-electron chi connectivity index (χ4n) is 1.78. The van der Waals surface area contributed by atoms with Crippen LogP contribution in [0.5, 0.6) is 0 Å². The molecule has 11 nitrogen and oxygen atoms in total. The molecule has 0 aliphatic heterocycles. The third-order valence-corrected chi connectivity index (χ3v) is 2.74. The standard InChI is InChI=1S/C14H22O11/c1-4-22-14(23-5-2,24-6-3)12(20)25-10(17)8-13(21,11(18)19)7-9(15)16/h21H,4-8H2,1-3H3,(H,15,16)(H,18,19). The van der Waals surface area contributed by atoms with Crippen LogP contribution in [0, 0.1) is 0 Å². The predicted octanol–water partition coefficient (Wildman–Crippen LogP) is -0.500. The second kappa shape index (κ2) is 10.0. The van der Waals surface area contributed by atoms with Crippen LogP contribution in [0.1, 0.15) is 33.6 Å². The Morgan fingerprint density at radius 1 is 0.840 bits per heavy atom. The number of carbonyl (C=O) groups excluding carboxylic acids is 2. The Hall–Kier alpha value is -2.08. The van der Waals surface area contributed by atoms with Gasteiger partial charge in [0.05, 0.1) is 32.7 Å². The number of esters is 2. The number of carboxylic acid groups (broad SMARTS) is 2. The molecule has 0 fully saturated rings. The molecule has 0 heterocycles. The quantitative estimate of drug-likeness (QED) is 0.231. The summed E-state index contributed by atoms with van der Waals surface area (Å²) in [7, 11) is 0. The molecule has 1 atom stereocenters. The Morgan fingerprint density at radius 2 is 1.28 bits per heavy atom. The lowest BCUT2D eigenvalue weighted by Crippen LogP contribution is -2.50. The molecule has 25 heavy (non-hydrogen) atoms. The first-order chi connectivity index (χ1) is 11.6. The first-order valence-electron chi connectivity index (χ1n) is 7.41. The summed E-state index contributed by atoms with van der Waals surface area (Å²) in [6.07, 6.45) is -2.54. The van der Waals surface area contributed by atoms with Crippen molar-refractivity contribution in [1.82, 2.24) is 0 Å². The van der Waals surface area contributed by atoms with E-state index in [2.05, 4.69) is 4.74 Å². The van der Waals surface area contributed by atoms with E-state index in [0.29, 0.717) is 0 Å². The lowest BCUT2D eigenvalue weighted by molar-refractivity contribution is -0.359. The fraction of sp³-hybridized carbons (Fsp3) is 0.714. The maximum Gasteiger partial charge on any atom is 0.405 e. The number of ether oxygens (including phenoxy) is 4. The second-order valence-electron chi connectivity index (χ2n) is 4.70. The Morgan fingerprint density at radius 3 is 1.60 bits per heavy atom. The molecule has 0 bridgehead atoms. The molecule has 0 aromatic rings. The zero-order valence-electron chi connectivity index (χ0n) is 14.1. The Labute approximate surface area is 143 Å². The maximum absolute atomic E-state index is 12.2. The molecule has 0 aliphatic rings. The van der Waals surface area contributed by atoms with E-state index in [1.807, 2.05) is 0 Å². The van der Waals surface area contributed by atoms with E-state index in [-0.39, 0.29) is 19.8 Å². The molecule has 0 aromatic carbocycles. The van der Waals surface area contributed by atoms with E-state index < -0.39 is 48.3 Å². The highest BCUT2D eigenvalue weighted by atomic mass is 16.9. The van der Waals surface area contributed by atoms with Gasteiger partial charge in [-0.2, -0.15) is 0 Å². The highest BCUT2D eigenvalue weighted by Crippen LogP contribution is 2.21. The molecule has 11 heteroatoms. The Kier molecular flexibility index (Phi) is 9.20. The van der Waals surface area contributed by atoms with Crippen LogP contribution in [0.4, 0.5) is 0 Å². The molecule has 3 N–H and O–H groups in total. The van der Waals surface area contributed by atoms with Gasteiger partial charge >= 0.3 is 29.9 Å². The molecule has 0 saturated carbocycles. The van der Waals surface area contributed by atoms with E-state index in [1.54, 1.807) is 0 Å². The van der Waals surface area contributed by atoms with Gasteiger partial charge in [-0.15, -0.1) is 0 Å². The molecule has 1 unspecified atom stereocenters. The minimum Gasteiger partial charge on any atom is -0.481 e. The average molecular weight is 366 g/mol. The molecule has 0 spiro atoms. The second-order valence-corrected chi connectivity index (χ2v) is 4.70. The summed E-state index contributed by atoms with van der Waals surface area (Å²) in [6.45, 7) is 4.46. The third-order valence-electron chi connectivity index (χ3n) is 2.74. The van der Waals surface area contributed by atoms with Crippen LogP contribution in [0.3, 0.4) is 0 Å². The topological polar surface area (TPSA) is 166 Å². The molecule has 144 valence electrons. The van der Waals surface area contributed by atoms with Gasteiger partial charge in [0.1, 0.15) is 0 Å². The monoisotopic (exact) mass is 366 g/mol. The van der Waals surface area contributed by atoms with E-state index in [0.717, 1.165) is 0 Å². The summed E-state index contributed by atoms with van der Waals surface area (Å²) in [5, 5.41) is 27.3. The van der Waals surface area contributed by atoms with Gasteiger partial charge in [0.25, 0.3) is 0 Å². The van der Waals surface area contributed by atoms with Crippen molar-refractivity contribution in [3.63, 3.8) is 0 Å². The average Bonchev–Trinajstić information content (AvgIpc) is 2.46. The number of aliphatic carboxylic acids is 2. The number of hydrogen-bond acceptors (Lipinski definition) is 9. The van der Waals surface area contributed by atoms with Crippen molar-refractivity contribution in [2.45, 2.75) is 45.2 Å². The van der Waals surface area contributed by atoms with Crippen LogP contribution < -0.4 is 0 Å². The normalized spacial score (nSPS) is 13.8. The lowest BCUT2D eigenvalue weighted by Gasteiger charge is -2.29. The van der Waals surface area contributed by atoms with Crippen LogP contribution in [-0.2, 0) is 38.1 Å². The predicted molar refractivity (Wildman–Crippen MR) is 78.2 cm³/mol. The fourth-order valence-corrected chi connectivity index (χ4v) is 1.78. The van der Waals surface area contributed by atoms with Gasteiger partial charge in [0, 0.05) is 0 Å². The summed E-state index contributed by atoms with van der Waals surface area (Å²) in [4.78, 5) is 45.6. The molecule has 0 radical (unpaired) electrons. The maximum atomic E-state index is 12.2. The van der Waals surface area contributed by atoms with Crippen molar-refractivity contribution in [3.8, 4) is 0 Å². The van der Waals surface area contributed by atoms with Gasteiger partial charge in [-0.3, -0.25) is 9.59 Å². The molecule has 0 rings (SSSR count). The first kappa shape index (κ1) is 22.9. The molecule has 0 aliphatic carbocycles. The highest BCUT2D eigenvalue weighted by Gasteiger charge is 2.47. The number of rotatable bonds is 12. The largest absolute Gasteiger partial charge is 0.481 e. The van der Waals surface area contributed by atoms with Crippen molar-refractivity contribution in [2.75, 3.05) is 19.8 Å². The van der Waals surface area contributed by atoms with E-state index in [9.17, 15) is 24.3 Å². The van der Waals surface area contributed by atoms with Gasteiger partial charge in [0.2, 0.25) is 0 Å². The number of aliphatic hydroxyl groups is 1. The Balaban J connectivity index is 5.24. The molecule has 0 aromatic heterocycles. The lowest BCUT2D eigenvalue weighted by atomic mass is 9.96. The molecule has 0 amide bonds. The third kappa shape index (κ3) is 6.74. The van der Waals surface area contributed by atoms with E-state index in [4.69, 9.17) is 24.4 Å². The molecular weight excluding hydrogens is 344 g/mol. The van der Waals surface area contributed by atoms with Gasteiger partial charge in [0.15, 0.2) is 5.60 Å². The number of carbonyl (C=O) groups is 4. The van der Waals surface area contributed by atoms with Crippen LogP contribution in [0.15, 0.2) is 0 Å². The summed E-state index contributed by atoms with van der Waals surface area (Å²) < 4.78 is 19.6. The van der Waals surface area contributed by atoms with Crippen molar-refractivity contribution in [1.29, 1.82) is 0 Å². The van der Waals surface area contributed by atoms with E-state index in [1.165, 1.54) is 20.8 Å². The van der Waals surface area contributed by atoms with Gasteiger partial charge in [-0.1, -0.05) is 0 Å². The summed E-state index contributed by atoms with van der Waals surface area (Å²) in [6, 6.07) is 0. The van der Waals surface area contributed by atoms with Crippen molar-refractivity contribution < 1.29 is 53.4 Å². The molecular formula is C14H22O11. The van der Waals surface area contributed by atoms with Crippen LogP contribution >= 0.6 is 0 Å². The van der Waals surface area contributed by atoms with Crippen LogP contribution in [0.2, 0.25) is 0 Å². The van der Waals surface area contributed by atoms with E-state index >= 15 is 0 Å². The van der Waals surface area contributed by atoms with Gasteiger partial charge in [-0.05, 0) is 20.8 Å². The summed E-state index contributed by atoms with van der Waals surface area (Å²) in [5.74, 6) is -8.84. The summed E-state index contributed by atoms with van der Waals surface area (Å²) >= 11 is 0. The van der Waals surface area contributed by atoms with Crippen molar-refractivity contribution in [2.24, 2.45) is 0 Å². The zero-order valence-corrected chi connectivity index (χ0v) is 14.1. The first-order valence-corrected chi connectivity index (χ1v) is 7.41. The van der Waals surface area contributed by atoms with Crippen LogP contribution in [-0.4, -0.2) is 70.6 Å². The number of hydrogen-bond donors (Lipinski definition) is 3. The SMILES string of the molecule is CCOC(OCC)(OCC)C(=O)OC(=O)CC(O)(CC(=O)O)C(=O)O. The minimum atomic E-state index is -2.94. The van der Waals surface area contributed by atoms with Crippen LogP contribution in [0.25, 0.3) is 0 Å². The van der Waals surface area contributed by atoms with Gasteiger partial charge < -0.3 is 34.3 Å². The summed E-state index contributed by atoms with van der Waals surface area (Å²) in [5.41, 5.74) is -2.94. The molecule has 0 saturated heterocycles. The Bertz CT molecular complexity index is 484. The van der Waals surface area contributed by atoms with Crippen molar-refractivity contribution >= 4 is 23.9 Å². The number of carboxylic acids is 2. The van der Waals surface area contributed by atoms with Gasteiger partial charge in [-0.25, -0.2) is 9.59 Å². The van der Waals surface area contributed by atoms with Crippen molar-refractivity contribution in [3.05, 3.63) is 0 Å². The highest BCUT2D eigenvalue weighted by molar-refractivity contribution is 5.93. The zero-order chi connectivity index (χ0) is 19.7. The minimum absolute atomic E-state index is 0.0403. The smallest absolute Gasteiger partial charge is 0.405 e.